The Balaban J connectivity index is 1.81. The van der Waals surface area contributed by atoms with Gasteiger partial charge < -0.3 is 10.2 Å². The van der Waals surface area contributed by atoms with Crippen molar-refractivity contribution in [2.45, 2.75) is 38.3 Å². The molecule has 0 spiro atoms. The van der Waals surface area contributed by atoms with Crippen LogP contribution in [-0.2, 0) is 11.2 Å². The van der Waals surface area contributed by atoms with Crippen LogP contribution in [0.1, 0.15) is 35.7 Å². The van der Waals surface area contributed by atoms with E-state index >= 15 is 0 Å². The van der Waals surface area contributed by atoms with Crippen LogP contribution < -0.4 is 5.32 Å². The van der Waals surface area contributed by atoms with Gasteiger partial charge in [0.25, 0.3) is 5.91 Å². The van der Waals surface area contributed by atoms with E-state index in [0.717, 1.165) is 18.4 Å². The van der Waals surface area contributed by atoms with Gasteiger partial charge >= 0.3 is 0 Å². The molecule has 1 aliphatic heterocycles. The second-order valence-electron chi connectivity index (χ2n) is 6.47. The molecule has 2 heterocycles. The van der Waals surface area contributed by atoms with Crippen molar-refractivity contribution in [3.8, 4) is 0 Å². The van der Waals surface area contributed by atoms with E-state index in [-0.39, 0.29) is 29.7 Å². The first-order valence-electron chi connectivity index (χ1n) is 8.64. The first-order chi connectivity index (χ1) is 12.5. The molecule has 26 heavy (non-hydrogen) atoms. The molecular weight excluding hydrogens is 335 g/mol. The second-order valence-corrected chi connectivity index (χ2v) is 6.47. The van der Waals surface area contributed by atoms with Crippen LogP contribution in [0, 0.1) is 5.82 Å². The van der Waals surface area contributed by atoms with Crippen molar-refractivity contribution in [1.82, 2.24) is 20.4 Å². The Kier molecular flexibility index (Phi) is 5.55. The number of piperidine rings is 1. The minimum atomic E-state index is -0.309. The number of nitrogens with zero attached hydrogens (tertiary/aromatic N) is 3. The van der Waals surface area contributed by atoms with Crippen molar-refractivity contribution in [3.05, 3.63) is 59.7 Å². The monoisotopic (exact) mass is 356 g/mol. The first kappa shape index (κ1) is 18.0. The average molecular weight is 356 g/mol. The zero-order valence-electron chi connectivity index (χ0n) is 14.6. The summed E-state index contributed by atoms with van der Waals surface area (Å²) in [5, 5.41) is 10.4. The maximum absolute atomic E-state index is 13.5. The van der Waals surface area contributed by atoms with Crippen LogP contribution in [0.4, 0.5) is 4.39 Å². The highest BCUT2D eigenvalue weighted by Gasteiger charge is 2.34. The van der Waals surface area contributed by atoms with Gasteiger partial charge in [0.15, 0.2) is 0 Å². The number of amides is 2. The molecule has 136 valence electrons. The van der Waals surface area contributed by atoms with Gasteiger partial charge in [-0.3, -0.25) is 9.59 Å². The SMILES string of the molecule is CC(=O)N1CCC[C@H](NC(=O)c2ccnnc2)[C@@H]1Cc1cccc(F)c1. The molecule has 2 atom stereocenters. The van der Waals surface area contributed by atoms with Crippen molar-refractivity contribution in [2.75, 3.05) is 6.54 Å². The van der Waals surface area contributed by atoms with Gasteiger partial charge in [-0.05, 0) is 43.0 Å². The summed E-state index contributed by atoms with van der Waals surface area (Å²) in [7, 11) is 0. The molecule has 0 bridgehead atoms. The van der Waals surface area contributed by atoms with E-state index in [2.05, 4.69) is 15.5 Å². The third-order valence-corrected chi connectivity index (χ3v) is 4.68. The lowest BCUT2D eigenvalue weighted by atomic mass is 9.90. The molecule has 1 saturated heterocycles. The van der Waals surface area contributed by atoms with Gasteiger partial charge in [-0.25, -0.2) is 4.39 Å². The van der Waals surface area contributed by atoms with Crippen LogP contribution >= 0.6 is 0 Å². The summed E-state index contributed by atoms with van der Waals surface area (Å²) >= 11 is 0. The summed E-state index contributed by atoms with van der Waals surface area (Å²) < 4.78 is 13.5. The van der Waals surface area contributed by atoms with Crippen molar-refractivity contribution in [3.63, 3.8) is 0 Å². The maximum Gasteiger partial charge on any atom is 0.253 e. The van der Waals surface area contributed by atoms with Crippen molar-refractivity contribution in [2.24, 2.45) is 0 Å². The molecular formula is C19H21FN4O2. The number of hydrogen-bond donors (Lipinski definition) is 1. The third-order valence-electron chi connectivity index (χ3n) is 4.68. The highest BCUT2D eigenvalue weighted by molar-refractivity contribution is 5.94. The highest BCUT2D eigenvalue weighted by atomic mass is 19.1. The van der Waals surface area contributed by atoms with Crippen LogP contribution in [0.15, 0.2) is 42.7 Å². The van der Waals surface area contributed by atoms with E-state index in [0.29, 0.717) is 18.5 Å². The van der Waals surface area contributed by atoms with Crippen LogP contribution in [0.2, 0.25) is 0 Å². The quantitative estimate of drug-likeness (QED) is 0.909. The number of benzene rings is 1. The number of aromatic nitrogens is 2. The smallest absolute Gasteiger partial charge is 0.253 e. The Labute approximate surface area is 151 Å². The number of carbonyl (C=O) groups is 2. The molecule has 6 nitrogen and oxygen atoms in total. The average Bonchev–Trinajstić information content (AvgIpc) is 2.63. The van der Waals surface area contributed by atoms with Crippen molar-refractivity contribution < 1.29 is 14.0 Å². The van der Waals surface area contributed by atoms with E-state index in [1.165, 1.54) is 31.5 Å². The molecule has 1 N–H and O–H groups in total. The number of nitrogens with one attached hydrogen (secondary N) is 1. The molecule has 1 fully saturated rings. The third kappa shape index (κ3) is 4.22. The summed E-state index contributed by atoms with van der Waals surface area (Å²) in [6, 6.07) is 7.51. The summed E-state index contributed by atoms with van der Waals surface area (Å²) in [6.07, 6.45) is 4.91. The Bertz CT molecular complexity index is 784. The number of carbonyl (C=O) groups excluding carboxylic acids is 2. The molecule has 1 aromatic carbocycles. The Morgan fingerprint density at radius 1 is 1.31 bits per heavy atom. The molecule has 1 aromatic heterocycles. The zero-order chi connectivity index (χ0) is 18.5. The Hall–Kier alpha value is -2.83. The van der Waals surface area contributed by atoms with Gasteiger partial charge in [0.05, 0.1) is 24.0 Å². The number of halogens is 1. The predicted molar refractivity (Wildman–Crippen MR) is 93.8 cm³/mol. The largest absolute Gasteiger partial charge is 0.347 e. The van der Waals surface area contributed by atoms with Crippen LogP contribution in [-0.4, -0.2) is 45.5 Å². The molecule has 2 aromatic rings. The molecule has 7 heteroatoms. The normalized spacial score (nSPS) is 19.8. The van der Waals surface area contributed by atoms with Gasteiger partial charge in [-0.2, -0.15) is 10.2 Å². The maximum atomic E-state index is 13.5. The van der Waals surface area contributed by atoms with Crippen molar-refractivity contribution in [1.29, 1.82) is 0 Å². The molecule has 3 rings (SSSR count). The summed E-state index contributed by atoms with van der Waals surface area (Å²) in [4.78, 5) is 26.4. The van der Waals surface area contributed by atoms with Crippen LogP contribution in [0.25, 0.3) is 0 Å². The summed E-state index contributed by atoms with van der Waals surface area (Å²) in [6.45, 7) is 2.16. The molecule has 0 unspecified atom stereocenters. The summed E-state index contributed by atoms with van der Waals surface area (Å²) in [5.74, 6) is -0.605. The van der Waals surface area contributed by atoms with E-state index in [9.17, 15) is 14.0 Å². The van der Waals surface area contributed by atoms with E-state index in [4.69, 9.17) is 0 Å². The lowest BCUT2D eigenvalue weighted by molar-refractivity contribution is -0.133. The lowest BCUT2D eigenvalue weighted by Gasteiger charge is -2.41. The number of likely N-dealkylation sites (tertiary alicyclic amines) is 1. The van der Waals surface area contributed by atoms with Gasteiger partial charge in [-0.15, -0.1) is 0 Å². The minimum Gasteiger partial charge on any atom is -0.347 e. The van der Waals surface area contributed by atoms with E-state index < -0.39 is 0 Å². The minimum absolute atomic E-state index is 0.0454. The number of hydrogen-bond acceptors (Lipinski definition) is 4. The van der Waals surface area contributed by atoms with Crippen molar-refractivity contribution >= 4 is 11.8 Å². The lowest BCUT2D eigenvalue weighted by Crippen LogP contribution is -2.57. The molecule has 2 amide bonds. The van der Waals surface area contributed by atoms with Gasteiger partial charge in [-0.1, -0.05) is 12.1 Å². The van der Waals surface area contributed by atoms with Gasteiger partial charge in [0.1, 0.15) is 5.82 Å². The van der Waals surface area contributed by atoms with E-state index in [1.54, 1.807) is 17.0 Å². The Morgan fingerprint density at radius 3 is 2.85 bits per heavy atom. The molecule has 0 aliphatic carbocycles. The fraction of sp³-hybridized carbons (Fsp3) is 0.368. The molecule has 1 aliphatic rings. The summed E-state index contributed by atoms with van der Waals surface area (Å²) in [5.41, 5.74) is 1.22. The first-order valence-corrected chi connectivity index (χ1v) is 8.64. The fourth-order valence-electron chi connectivity index (χ4n) is 3.45. The van der Waals surface area contributed by atoms with Crippen LogP contribution in [0.5, 0.6) is 0 Å². The standard InChI is InChI=1S/C19H21FN4O2/c1-13(25)24-9-3-6-17(23-19(26)15-7-8-21-22-12-15)18(24)11-14-4-2-5-16(20)10-14/h2,4-5,7-8,10,12,17-18H,3,6,9,11H2,1H3,(H,23,26)/t17-,18-/m0/s1. The fourth-order valence-corrected chi connectivity index (χ4v) is 3.45. The van der Waals surface area contributed by atoms with Gasteiger partial charge in [0.2, 0.25) is 5.91 Å². The van der Waals surface area contributed by atoms with Gasteiger partial charge in [0, 0.05) is 19.5 Å². The van der Waals surface area contributed by atoms with Crippen LogP contribution in [0.3, 0.4) is 0 Å². The topological polar surface area (TPSA) is 75.2 Å². The number of rotatable bonds is 4. The van der Waals surface area contributed by atoms with E-state index in [1.807, 2.05) is 6.07 Å². The zero-order valence-corrected chi connectivity index (χ0v) is 14.6. The molecule has 0 saturated carbocycles. The molecule has 0 radical (unpaired) electrons. The highest BCUT2D eigenvalue weighted by Crippen LogP contribution is 2.22. The Morgan fingerprint density at radius 2 is 2.15 bits per heavy atom. The second kappa shape index (κ2) is 8.03. The predicted octanol–water partition coefficient (Wildman–Crippen LogP) is 1.97.